The number of ether oxygens (including phenoxy) is 1. The molecule has 25 heavy (non-hydrogen) atoms. The van der Waals surface area contributed by atoms with Gasteiger partial charge in [-0.2, -0.15) is 18.3 Å². The van der Waals surface area contributed by atoms with Crippen LogP contribution >= 0.6 is 0 Å². The average Bonchev–Trinajstić information content (AvgIpc) is 2.88. The van der Waals surface area contributed by atoms with Crippen molar-refractivity contribution in [1.82, 2.24) is 14.8 Å². The molecule has 3 aromatic rings. The molecule has 2 heterocycles. The second-order valence-corrected chi connectivity index (χ2v) is 6.32. The van der Waals surface area contributed by atoms with Crippen LogP contribution in [0.5, 0.6) is 11.6 Å². The van der Waals surface area contributed by atoms with E-state index < -0.39 is 17.3 Å². The predicted molar refractivity (Wildman–Crippen MR) is 85.3 cm³/mol. The second-order valence-electron chi connectivity index (χ2n) is 6.32. The van der Waals surface area contributed by atoms with E-state index in [1.807, 2.05) is 0 Å². The third-order valence-corrected chi connectivity index (χ3v) is 3.44. The van der Waals surface area contributed by atoms with Crippen molar-refractivity contribution in [2.24, 2.45) is 0 Å². The molecule has 0 fully saturated rings. The van der Waals surface area contributed by atoms with Crippen LogP contribution in [0.25, 0.3) is 10.9 Å². The lowest BCUT2D eigenvalue weighted by Crippen LogP contribution is -2.26. The third kappa shape index (κ3) is 4.08. The second kappa shape index (κ2) is 6.03. The zero-order valence-electron chi connectivity index (χ0n) is 13.6. The van der Waals surface area contributed by atoms with Crippen LogP contribution < -0.4 is 4.74 Å². The number of fused-ring (bicyclic) bond motifs is 1. The van der Waals surface area contributed by atoms with Gasteiger partial charge in [-0.3, -0.25) is 4.68 Å². The standard InChI is InChI=1S/C17H16F3N3O2/c1-16(2,24)10-23-14-7-13(5-3-11(14)8-22-23)25-15-6-4-12(9-21-15)17(18,19)20/h3-9,24H,10H2,1-2H3. The molecule has 0 amide bonds. The predicted octanol–water partition coefficient (Wildman–Crippen LogP) is 4.01. The van der Waals surface area contributed by atoms with Gasteiger partial charge in [0.2, 0.25) is 5.88 Å². The minimum absolute atomic E-state index is 0.0564. The molecule has 0 spiro atoms. The summed E-state index contributed by atoms with van der Waals surface area (Å²) in [5.41, 5.74) is -1.03. The van der Waals surface area contributed by atoms with E-state index in [-0.39, 0.29) is 5.88 Å². The van der Waals surface area contributed by atoms with Gasteiger partial charge in [-0.05, 0) is 32.0 Å². The summed E-state index contributed by atoms with van der Waals surface area (Å²) in [6.07, 6.45) is -2.04. The zero-order valence-corrected chi connectivity index (χ0v) is 13.6. The Kier molecular flexibility index (Phi) is 4.16. The maximum absolute atomic E-state index is 12.6. The molecule has 3 rings (SSSR count). The number of hydrogen-bond donors (Lipinski definition) is 1. The Hall–Kier alpha value is -2.61. The lowest BCUT2D eigenvalue weighted by molar-refractivity contribution is -0.137. The van der Waals surface area contributed by atoms with Crippen molar-refractivity contribution in [3.05, 3.63) is 48.3 Å². The normalized spacial score (nSPS) is 12.6. The van der Waals surface area contributed by atoms with Crippen molar-refractivity contribution >= 4 is 10.9 Å². The first-order chi connectivity index (χ1) is 11.6. The highest BCUT2D eigenvalue weighted by Gasteiger charge is 2.30. The summed E-state index contributed by atoms with van der Waals surface area (Å²) in [6, 6.07) is 7.24. The quantitative estimate of drug-likeness (QED) is 0.771. The lowest BCUT2D eigenvalue weighted by atomic mass is 10.1. The molecule has 1 N–H and O–H groups in total. The summed E-state index contributed by atoms with van der Waals surface area (Å²) in [6.45, 7) is 3.64. The Bertz CT molecular complexity index is 881. The Morgan fingerprint density at radius 3 is 2.48 bits per heavy atom. The molecule has 8 heteroatoms. The van der Waals surface area contributed by atoms with Crippen molar-refractivity contribution in [3.63, 3.8) is 0 Å². The monoisotopic (exact) mass is 351 g/mol. The summed E-state index contributed by atoms with van der Waals surface area (Å²) in [4.78, 5) is 3.69. The van der Waals surface area contributed by atoms with Gasteiger partial charge in [0.25, 0.3) is 0 Å². The number of alkyl halides is 3. The van der Waals surface area contributed by atoms with E-state index in [4.69, 9.17) is 4.74 Å². The van der Waals surface area contributed by atoms with Crippen LogP contribution in [0.15, 0.2) is 42.7 Å². The Labute approximate surface area is 141 Å². The summed E-state index contributed by atoms with van der Waals surface area (Å²) >= 11 is 0. The van der Waals surface area contributed by atoms with Gasteiger partial charge in [0.1, 0.15) is 5.75 Å². The van der Waals surface area contributed by atoms with Gasteiger partial charge in [-0.25, -0.2) is 4.98 Å². The molecule has 132 valence electrons. The average molecular weight is 351 g/mol. The van der Waals surface area contributed by atoms with Crippen molar-refractivity contribution in [3.8, 4) is 11.6 Å². The summed E-state index contributed by atoms with van der Waals surface area (Å²) < 4.78 is 44.8. The largest absolute Gasteiger partial charge is 0.439 e. The first kappa shape index (κ1) is 17.2. The molecule has 0 aliphatic heterocycles. The van der Waals surface area contributed by atoms with E-state index in [2.05, 4.69) is 10.1 Å². The van der Waals surface area contributed by atoms with E-state index in [1.54, 1.807) is 42.9 Å². The maximum atomic E-state index is 12.6. The number of pyridine rings is 1. The van der Waals surface area contributed by atoms with Gasteiger partial charge in [0.15, 0.2) is 0 Å². The summed E-state index contributed by atoms with van der Waals surface area (Å²) in [5.74, 6) is 0.471. The van der Waals surface area contributed by atoms with E-state index in [9.17, 15) is 18.3 Å². The molecule has 0 aliphatic rings. The fraction of sp³-hybridized carbons (Fsp3) is 0.294. The molecule has 5 nitrogen and oxygen atoms in total. The lowest BCUT2D eigenvalue weighted by Gasteiger charge is -2.17. The molecule has 0 atom stereocenters. The Morgan fingerprint density at radius 1 is 1.12 bits per heavy atom. The highest BCUT2D eigenvalue weighted by molar-refractivity contribution is 5.80. The van der Waals surface area contributed by atoms with Crippen molar-refractivity contribution < 1.29 is 23.0 Å². The number of aromatic nitrogens is 3. The number of nitrogens with zero attached hydrogens (tertiary/aromatic N) is 3. The zero-order chi connectivity index (χ0) is 18.2. The molecule has 0 radical (unpaired) electrons. The van der Waals surface area contributed by atoms with E-state index in [1.165, 1.54) is 6.07 Å². The van der Waals surface area contributed by atoms with E-state index in [0.29, 0.717) is 12.3 Å². The van der Waals surface area contributed by atoms with Gasteiger partial charge >= 0.3 is 6.18 Å². The van der Waals surface area contributed by atoms with Crippen LogP contribution in [-0.4, -0.2) is 25.5 Å². The van der Waals surface area contributed by atoms with E-state index >= 15 is 0 Å². The fourth-order valence-electron chi connectivity index (χ4n) is 2.34. The molecule has 1 aromatic carbocycles. The molecule has 0 saturated heterocycles. The van der Waals surface area contributed by atoms with Crippen molar-refractivity contribution in [1.29, 1.82) is 0 Å². The van der Waals surface area contributed by atoms with E-state index in [0.717, 1.165) is 23.2 Å². The number of benzene rings is 1. The van der Waals surface area contributed by atoms with Gasteiger partial charge < -0.3 is 9.84 Å². The van der Waals surface area contributed by atoms with Crippen molar-refractivity contribution in [2.45, 2.75) is 32.2 Å². The minimum Gasteiger partial charge on any atom is -0.439 e. The maximum Gasteiger partial charge on any atom is 0.417 e. The third-order valence-electron chi connectivity index (χ3n) is 3.44. The molecular formula is C17H16F3N3O2. The Balaban J connectivity index is 1.85. The first-order valence-corrected chi connectivity index (χ1v) is 7.51. The van der Waals surface area contributed by atoms with Crippen LogP contribution in [-0.2, 0) is 12.7 Å². The molecule has 2 aromatic heterocycles. The Morgan fingerprint density at radius 2 is 1.88 bits per heavy atom. The van der Waals surface area contributed by atoms with Crippen molar-refractivity contribution in [2.75, 3.05) is 0 Å². The summed E-state index contributed by atoms with van der Waals surface area (Å²) in [5, 5.41) is 15.0. The SMILES string of the molecule is CC(C)(O)Cn1ncc2ccc(Oc3ccc(C(F)(F)F)cn3)cc21. The van der Waals surface area contributed by atoms with Crippen LogP contribution in [0.3, 0.4) is 0 Å². The highest BCUT2D eigenvalue weighted by atomic mass is 19.4. The molecular weight excluding hydrogens is 335 g/mol. The molecule has 0 unspecified atom stereocenters. The highest BCUT2D eigenvalue weighted by Crippen LogP contribution is 2.30. The number of halogens is 3. The molecule has 0 saturated carbocycles. The van der Waals surface area contributed by atoms with Gasteiger partial charge in [0, 0.05) is 23.7 Å². The van der Waals surface area contributed by atoms with Gasteiger partial charge in [-0.1, -0.05) is 0 Å². The van der Waals surface area contributed by atoms with Crippen LogP contribution in [0.1, 0.15) is 19.4 Å². The number of hydrogen-bond acceptors (Lipinski definition) is 4. The number of rotatable bonds is 4. The molecule has 0 aliphatic carbocycles. The van der Waals surface area contributed by atoms with Crippen LogP contribution in [0.4, 0.5) is 13.2 Å². The van der Waals surface area contributed by atoms with Crippen LogP contribution in [0.2, 0.25) is 0 Å². The smallest absolute Gasteiger partial charge is 0.417 e. The molecule has 0 bridgehead atoms. The topological polar surface area (TPSA) is 60.2 Å². The van der Waals surface area contributed by atoms with Gasteiger partial charge in [-0.15, -0.1) is 0 Å². The number of aliphatic hydroxyl groups is 1. The van der Waals surface area contributed by atoms with Gasteiger partial charge in [0.05, 0.1) is 29.4 Å². The van der Waals surface area contributed by atoms with Crippen LogP contribution in [0, 0.1) is 0 Å². The summed E-state index contributed by atoms with van der Waals surface area (Å²) in [7, 11) is 0. The first-order valence-electron chi connectivity index (χ1n) is 7.51. The minimum atomic E-state index is -4.44. The fourth-order valence-corrected chi connectivity index (χ4v) is 2.34.